The second-order valence-corrected chi connectivity index (χ2v) is 6.43. The minimum absolute atomic E-state index is 0.260. The topological polar surface area (TPSA) is 12.0 Å². The number of rotatable bonds is 3. The number of halogens is 2. The van der Waals surface area contributed by atoms with Crippen LogP contribution in [-0.2, 0) is 0 Å². The molecule has 0 aliphatic heterocycles. The van der Waals surface area contributed by atoms with E-state index < -0.39 is 0 Å². The first kappa shape index (κ1) is 15.3. The quantitative estimate of drug-likeness (QED) is 0.742. The minimum Gasteiger partial charge on any atom is -0.380 e. The van der Waals surface area contributed by atoms with Gasteiger partial charge in [-0.05, 0) is 49.7 Å². The van der Waals surface area contributed by atoms with E-state index in [1.165, 1.54) is 25.0 Å². The maximum atomic E-state index is 13.9. The summed E-state index contributed by atoms with van der Waals surface area (Å²) < 4.78 is 27.4. The Kier molecular flexibility index (Phi) is 5.00. The van der Waals surface area contributed by atoms with Crippen molar-refractivity contribution in [2.24, 2.45) is 11.8 Å². The van der Waals surface area contributed by atoms with Gasteiger partial charge in [0.2, 0.25) is 0 Å². The minimum atomic E-state index is -0.353. The Bertz CT molecular complexity index is 457. The molecule has 2 atom stereocenters. The molecule has 1 nitrogen and oxygen atoms in total. The summed E-state index contributed by atoms with van der Waals surface area (Å²) in [5.41, 5.74) is 0.662. The number of hydrogen-bond acceptors (Lipinski definition) is 1. The Hall–Kier alpha value is -1.12. The van der Waals surface area contributed by atoms with Crippen molar-refractivity contribution in [3.05, 3.63) is 29.3 Å². The third-order valence-corrected chi connectivity index (χ3v) is 4.56. The first-order valence-corrected chi connectivity index (χ1v) is 7.69. The average molecular weight is 281 g/mol. The zero-order valence-electron chi connectivity index (χ0n) is 12.7. The van der Waals surface area contributed by atoms with Crippen LogP contribution < -0.4 is 5.32 Å². The number of nitrogens with one attached hydrogen (secondary N) is 1. The van der Waals surface area contributed by atoms with Crippen molar-refractivity contribution in [3.8, 4) is 0 Å². The normalized spacial score (nSPS) is 23.7. The predicted octanol–water partition coefficient (Wildman–Crippen LogP) is 5.29. The smallest absolute Gasteiger partial charge is 0.146 e. The van der Waals surface area contributed by atoms with E-state index in [1.54, 1.807) is 6.92 Å². The number of anilines is 1. The fourth-order valence-corrected chi connectivity index (χ4v) is 3.12. The fraction of sp³-hybridized carbons (Fsp3) is 0.647. The number of benzene rings is 1. The maximum Gasteiger partial charge on any atom is 0.146 e. The number of hydrogen-bond donors (Lipinski definition) is 1. The second-order valence-electron chi connectivity index (χ2n) is 6.43. The van der Waals surface area contributed by atoms with Gasteiger partial charge in [-0.25, -0.2) is 8.78 Å². The molecule has 1 fully saturated rings. The lowest BCUT2D eigenvalue weighted by Crippen LogP contribution is -2.19. The van der Waals surface area contributed by atoms with Gasteiger partial charge in [0.25, 0.3) is 0 Å². The van der Waals surface area contributed by atoms with Crippen LogP contribution in [0.15, 0.2) is 12.1 Å². The molecule has 2 unspecified atom stereocenters. The highest BCUT2D eigenvalue weighted by atomic mass is 19.1. The van der Waals surface area contributed by atoms with Gasteiger partial charge in [0.05, 0.1) is 5.69 Å². The summed E-state index contributed by atoms with van der Waals surface area (Å²) >= 11 is 0. The van der Waals surface area contributed by atoms with Crippen molar-refractivity contribution < 1.29 is 8.78 Å². The van der Waals surface area contributed by atoms with E-state index in [0.29, 0.717) is 17.2 Å². The van der Waals surface area contributed by atoms with Crippen LogP contribution in [0, 0.1) is 30.4 Å². The van der Waals surface area contributed by atoms with Gasteiger partial charge in [-0.15, -0.1) is 0 Å². The van der Waals surface area contributed by atoms with Crippen LogP contribution >= 0.6 is 0 Å². The fourth-order valence-electron chi connectivity index (χ4n) is 3.12. The summed E-state index contributed by atoms with van der Waals surface area (Å²) in [6, 6.07) is 2.82. The molecule has 1 saturated carbocycles. The third kappa shape index (κ3) is 3.71. The molecule has 0 spiro atoms. The zero-order valence-corrected chi connectivity index (χ0v) is 12.7. The van der Waals surface area contributed by atoms with Gasteiger partial charge in [-0.3, -0.25) is 0 Å². The van der Waals surface area contributed by atoms with Crippen LogP contribution in [0.3, 0.4) is 0 Å². The molecule has 1 aliphatic carbocycles. The van der Waals surface area contributed by atoms with E-state index in [0.717, 1.165) is 25.2 Å². The van der Waals surface area contributed by atoms with Gasteiger partial charge in [-0.1, -0.05) is 26.7 Å². The molecule has 0 heterocycles. The van der Waals surface area contributed by atoms with E-state index >= 15 is 0 Å². The maximum absolute atomic E-state index is 13.9. The first-order chi connectivity index (χ1) is 9.47. The molecular weight excluding hydrogens is 256 g/mol. The lowest BCUT2D eigenvalue weighted by Gasteiger charge is -2.20. The van der Waals surface area contributed by atoms with E-state index in [2.05, 4.69) is 19.2 Å². The van der Waals surface area contributed by atoms with E-state index in [4.69, 9.17) is 0 Å². The summed E-state index contributed by atoms with van der Waals surface area (Å²) in [6.07, 6.45) is 5.66. The van der Waals surface area contributed by atoms with Crippen molar-refractivity contribution in [1.82, 2.24) is 0 Å². The van der Waals surface area contributed by atoms with E-state index in [1.807, 2.05) is 0 Å². The molecule has 1 aliphatic rings. The standard InChI is InChI=1S/C17H25F2N/c1-11(2)13-5-4-6-14(8-7-13)20-17-10-15(18)12(3)9-16(17)19/h9-11,13-14,20H,4-8H2,1-3H3. The molecule has 1 N–H and O–H groups in total. The summed E-state index contributed by atoms with van der Waals surface area (Å²) in [5.74, 6) is 0.778. The van der Waals surface area contributed by atoms with Gasteiger partial charge in [0, 0.05) is 12.1 Å². The summed E-state index contributed by atoms with van der Waals surface area (Å²) in [4.78, 5) is 0. The van der Waals surface area contributed by atoms with E-state index in [9.17, 15) is 8.78 Å². The molecule has 1 aromatic rings. The number of aryl methyl sites for hydroxylation is 1. The molecule has 20 heavy (non-hydrogen) atoms. The Balaban J connectivity index is 2.02. The van der Waals surface area contributed by atoms with Gasteiger partial charge in [0.1, 0.15) is 11.6 Å². The Morgan fingerprint density at radius 1 is 1.05 bits per heavy atom. The SMILES string of the molecule is Cc1cc(F)c(NC2CCCC(C(C)C)CC2)cc1F. The van der Waals surface area contributed by atoms with Gasteiger partial charge < -0.3 is 5.32 Å². The molecule has 2 rings (SSSR count). The predicted molar refractivity (Wildman–Crippen MR) is 79.9 cm³/mol. The van der Waals surface area contributed by atoms with Crippen molar-refractivity contribution in [3.63, 3.8) is 0 Å². The molecule has 1 aromatic carbocycles. The van der Waals surface area contributed by atoms with Gasteiger partial charge in [-0.2, -0.15) is 0 Å². The van der Waals surface area contributed by atoms with Crippen molar-refractivity contribution in [2.45, 2.75) is 58.9 Å². The Morgan fingerprint density at radius 2 is 1.80 bits per heavy atom. The monoisotopic (exact) mass is 281 g/mol. The van der Waals surface area contributed by atoms with Gasteiger partial charge in [0.15, 0.2) is 0 Å². The molecule has 0 amide bonds. The van der Waals surface area contributed by atoms with Crippen LogP contribution in [-0.4, -0.2) is 6.04 Å². The highest BCUT2D eigenvalue weighted by Crippen LogP contribution is 2.30. The largest absolute Gasteiger partial charge is 0.380 e. The summed E-state index contributed by atoms with van der Waals surface area (Å²) in [5, 5.41) is 3.20. The molecule has 112 valence electrons. The summed E-state index contributed by atoms with van der Waals surface area (Å²) in [6.45, 7) is 6.13. The Morgan fingerprint density at radius 3 is 2.50 bits per heavy atom. The molecular formula is C17H25F2N. The van der Waals surface area contributed by atoms with E-state index in [-0.39, 0.29) is 17.7 Å². The molecule has 0 aromatic heterocycles. The molecule has 0 bridgehead atoms. The Labute approximate surface area is 120 Å². The lowest BCUT2D eigenvalue weighted by molar-refractivity contribution is 0.341. The average Bonchev–Trinajstić information content (AvgIpc) is 2.61. The van der Waals surface area contributed by atoms with Crippen LogP contribution in [0.1, 0.15) is 51.5 Å². The van der Waals surface area contributed by atoms with Crippen LogP contribution in [0.5, 0.6) is 0 Å². The molecule has 0 radical (unpaired) electrons. The lowest BCUT2D eigenvalue weighted by atomic mass is 9.89. The molecule has 3 heteroatoms. The van der Waals surface area contributed by atoms with Crippen LogP contribution in [0.25, 0.3) is 0 Å². The second kappa shape index (κ2) is 6.55. The highest BCUT2D eigenvalue weighted by molar-refractivity contribution is 5.47. The van der Waals surface area contributed by atoms with Crippen molar-refractivity contribution in [2.75, 3.05) is 5.32 Å². The zero-order chi connectivity index (χ0) is 14.7. The van der Waals surface area contributed by atoms with Crippen molar-refractivity contribution in [1.29, 1.82) is 0 Å². The van der Waals surface area contributed by atoms with Crippen molar-refractivity contribution >= 4 is 5.69 Å². The highest BCUT2D eigenvalue weighted by Gasteiger charge is 2.21. The third-order valence-electron chi connectivity index (χ3n) is 4.56. The van der Waals surface area contributed by atoms with Crippen LogP contribution in [0.4, 0.5) is 14.5 Å². The van der Waals surface area contributed by atoms with Gasteiger partial charge >= 0.3 is 0 Å². The first-order valence-electron chi connectivity index (χ1n) is 7.69. The molecule has 0 saturated heterocycles. The van der Waals surface area contributed by atoms with Crippen LogP contribution in [0.2, 0.25) is 0 Å². The summed E-state index contributed by atoms with van der Waals surface area (Å²) in [7, 11) is 0.